The zero-order valence-corrected chi connectivity index (χ0v) is 12.7. The summed E-state index contributed by atoms with van der Waals surface area (Å²) in [7, 11) is 0. The van der Waals surface area contributed by atoms with E-state index < -0.39 is 11.7 Å². The summed E-state index contributed by atoms with van der Waals surface area (Å²) in [5.74, 6) is 0. The molecule has 1 aromatic carbocycles. The number of fused-ring (bicyclic) bond motifs is 1. The van der Waals surface area contributed by atoms with Crippen molar-refractivity contribution in [3.05, 3.63) is 29.3 Å². The Morgan fingerprint density at radius 3 is 2.61 bits per heavy atom. The van der Waals surface area contributed by atoms with Crippen LogP contribution in [-0.4, -0.2) is 43.8 Å². The molecule has 7 heteroatoms. The molecule has 1 amide bonds. The molecule has 4 nitrogen and oxygen atoms in total. The Morgan fingerprint density at radius 2 is 1.91 bits per heavy atom. The smallest absolute Gasteiger partial charge is 0.416 e. The summed E-state index contributed by atoms with van der Waals surface area (Å²) >= 11 is 0. The van der Waals surface area contributed by atoms with Crippen LogP contribution in [0.5, 0.6) is 0 Å². The molecule has 0 bridgehead atoms. The Hall–Kier alpha value is -1.92. The number of benzene rings is 1. The predicted molar refractivity (Wildman–Crippen MR) is 79.5 cm³/mol. The molecule has 1 fully saturated rings. The summed E-state index contributed by atoms with van der Waals surface area (Å²) in [6, 6.07) is 3.98. The number of aryl methyl sites for hydroxylation is 1. The van der Waals surface area contributed by atoms with Crippen LogP contribution in [0.4, 0.5) is 23.7 Å². The first-order valence-corrected chi connectivity index (χ1v) is 7.82. The van der Waals surface area contributed by atoms with Crippen LogP contribution >= 0.6 is 0 Å². The van der Waals surface area contributed by atoms with Crippen molar-refractivity contribution >= 4 is 11.8 Å². The van der Waals surface area contributed by atoms with Crippen molar-refractivity contribution in [2.24, 2.45) is 0 Å². The highest BCUT2D eigenvalue weighted by Gasteiger charge is 2.32. The van der Waals surface area contributed by atoms with Gasteiger partial charge < -0.3 is 14.5 Å². The maximum Gasteiger partial charge on any atom is 0.416 e. The zero-order valence-electron chi connectivity index (χ0n) is 12.7. The third kappa shape index (κ3) is 3.54. The van der Waals surface area contributed by atoms with Crippen molar-refractivity contribution in [3.8, 4) is 0 Å². The normalized spacial score (nSPS) is 18.1. The van der Waals surface area contributed by atoms with Crippen LogP contribution in [0.1, 0.15) is 24.0 Å². The van der Waals surface area contributed by atoms with Gasteiger partial charge in [0.05, 0.1) is 12.1 Å². The molecule has 1 saturated heterocycles. The first-order chi connectivity index (χ1) is 10.9. The number of halogens is 3. The standard InChI is InChI=1S/C16H19F3N2O2/c17-16(18,19)13-4-5-14-12(11-13)3-1-6-20(14)7-2-8-21-9-10-23-15(21)22/h4-5,11H,1-3,6-10H2. The van der Waals surface area contributed by atoms with Crippen molar-refractivity contribution < 1.29 is 22.7 Å². The van der Waals surface area contributed by atoms with E-state index in [0.717, 1.165) is 43.2 Å². The van der Waals surface area contributed by atoms with Gasteiger partial charge in [0.1, 0.15) is 6.61 Å². The molecule has 0 aromatic heterocycles. The minimum atomic E-state index is -4.30. The van der Waals surface area contributed by atoms with E-state index in [-0.39, 0.29) is 6.09 Å². The molecule has 0 radical (unpaired) electrons. The van der Waals surface area contributed by atoms with E-state index in [0.29, 0.717) is 26.1 Å². The van der Waals surface area contributed by atoms with Gasteiger partial charge in [-0.15, -0.1) is 0 Å². The molecule has 0 atom stereocenters. The average Bonchev–Trinajstić information content (AvgIpc) is 2.91. The molecule has 126 valence electrons. The van der Waals surface area contributed by atoms with E-state index in [1.165, 1.54) is 6.07 Å². The lowest BCUT2D eigenvalue weighted by atomic mass is 9.99. The SMILES string of the molecule is O=C1OCCN1CCCN1CCCc2cc(C(F)(F)F)ccc21. The number of rotatable bonds is 4. The lowest BCUT2D eigenvalue weighted by Gasteiger charge is -2.32. The van der Waals surface area contributed by atoms with Crippen LogP contribution in [0.15, 0.2) is 18.2 Å². The predicted octanol–water partition coefficient (Wildman–Crippen LogP) is 3.30. The molecule has 0 N–H and O–H groups in total. The average molecular weight is 328 g/mol. The number of carbonyl (C=O) groups is 1. The number of nitrogens with zero attached hydrogens (tertiary/aromatic N) is 2. The lowest BCUT2D eigenvalue weighted by Crippen LogP contribution is -2.33. The summed E-state index contributed by atoms with van der Waals surface area (Å²) in [4.78, 5) is 15.1. The molecule has 2 aliphatic rings. The number of amides is 1. The van der Waals surface area contributed by atoms with Gasteiger partial charge in [-0.05, 0) is 43.0 Å². The van der Waals surface area contributed by atoms with Gasteiger partial charge in [0.25, 0.3) is 0 Å². The number of hydrogen-bond acceptors (Lipinski definition) is 3. The number of cyclic esters (lactones) is 1. The fourth-order valence-corrected chi connectivity index (χ4v) is 3.16. The highest BCUT2D eigenvalue weighted by atomic mass is 19.4. The molecular formula is C16H19F3N2O2. The van der Waals surface area contributed by atoms with E-state index in [9.17, 15) is 18.0 Å². The first-order valence-electron chi connectivity index (χ1n) is 7.82. The van der Waals surface area contributed by atoms with Gasteiger partial charge in [0, 0.05) is 25.3 Å². The van der Waals surface area contributed by atoms with Crippen LogP contribution in [0.2, 0.25) is 0 Å². The maximum atomic E-state index is 12.8. The Balaban J connectivity index is 1.63. The fraction of sp³-hybridized carbons (Fsp3) is 0.562. The van der Waals surface area contributed by atoms with E-state index >= 15 is 0 Å². The van der Waals surface area contributed by atoms with Crippen molar-refractivity contribution in [1.29, 1.82) is 0 Å². The first kappa shape index (κ1) is 16.0. The third-order valence-corrected chi connectivity index (χ3v) is 4.32. The van der Waals surface area contributed by atoms with Crippen LogP contribution < -0.4 is 4.90 Å². The highest BCUT2D eigenvalue weighted by Crippen LogP contribution is 2.35. The van der Waals surface area contributed by atoms with Gasteiger partial charge in [0.15, 0.2) is 0 Å². The largest absolute Gasteiger partial charge is 0.448 e. The van der Waals surface area contributed by atoms with Crippen molar-refractivity contribution in [1.82, 2.24) is 4.90 Å². The summed E-state index contributed by atoms with van der Waals surface area (Å²) in [6.45, 7) is 3.23. The number of hydrogen-bond donors (Lipinski definition) is 0. The van der Waals surface area contributed by atoms with Crippen molar-refractivity contribution in [2.75, 3.05) is 37.7 Å². The van der Waals surface area contributed by atoms with Gasteiger partial charge in [0.2, 0.25) is 0 Å². The Kier molecular flexibility index (Phi) is 4.37. The molecule has 0 saturated carbocycles. The molecular weight excluding hydrogens is 309 g/mol. The monoisotopic (exact) mass is 328 g/mol. The zero-order chi connectivity index (χ0) is 16.4. The summed E-state index contributed by atoms with van der Waals surface area (Å²) in [5, 5.41) is 0. The molecule has 2 heterocycles. The van der Waals surface area contributed by atoms with Gasteiger partial charge in [-0.2, -0.15) is 13.2 Å². The Labute approximate surface area is 132 Å². The molecule has 0 spiro atoms. The van der Waals surface area contributed by atoms with Gasteiger partial charge in [-0.1, -0.05) is 0 Å². The topological polar surface area (TPSA) is 32.8 Å². The number of anilines is 1. The van der Waals surface area contributed by atoms with Gasteiger partial charge >= 0.3 is 12.3 Å². The van der Waals surface area contributed by atoms with Crippen LogP contribution in [0, 0.1) is 0 Å². The number of alkyl halides is 3. The minimum Gasteiger partial charge on any atom is -0.448 e. The molecule has 23 heavy (non-hydrogen) atoms. The van der Waals surface area contributed by atoms with Gasteiger partial charge in [-0.3, -0.25) is 0 Å². The van der Waals surface area contributed by atoms with E-state index in [1.807, 2.05) is 0 Å². The van der Waals surface area contributed by atoms with E-state index in [4.69, 9.17) is 4.74 Å². The second kappa shape index (κ2) is 6.29. The third-order valence-electron chi connectivity index (χ3n) is 4.32. The summed E-state index contributed by atoms with van der Waals surface area (Å²) in [6.07, 6.45) is -2.28. The molecule has 1 aromatic rings. The molecule has 2 aliphatic heterocycles. The summed E-state index contributed by atoms with van der Waals surface area (Å²) < 4.78 is 43.3. The Morgan fingerprint density at radius 1 is 1.13 bits per heavy atom. The van der Waals surface area contributed by atoms with Gasteiger partial charge in [-0.25, -0.2) is 4.79 Å². The fourth-order valence-electron chi connectivity index (χ4n) is 3.16. The Bertz CT molecular complexity index is 589. The van der Waals surface area contributed by atoms with Crippen molar-refractivity contribution in [3.63, 3.8) is 0 Å². The highest BCUT2D eigenvalue weighted by molar-refractivity contribution is 5.69. The van der Waals surface area contributed by atoms with Crippen LogP contribution in [0.3, 0.4) is 0 Å². The quantitative estimate of drug-likeness (QED) is 0.850. The summed E-state index contributed by atoms with van der Waals surface area (Å²) in [5.41, 5.74) is 1.05. The van der Waals surface area contributed by atoms with Crippen LogP contribution in [0.25, 0.3) is 0 Å². The van der Waals surface area contributed by atoms with Crippen molar-refractivity contribution in [2.45, 2.75) is 25.4 Å². The number of ether oxygens (including phenoxy) is 1. The number of carbonyl (C=O) groups excluding carboxylic acids is 1. The van der Waals surface area contributed by atoms with E-state index in [2.05, 4.69) is 4.90 Å². The molecule has 0 unspecified atom stereocenters. The second-order valence-electron chi connectivity index (χ2n) is 5.89. The van der Waals surface area contributed by atoms with E-state index in [1.54, 1.807) is 11.0 Å². The molecule has 3 rings (SSSR count). The van der Waals surface area contributed by atoms with Crippen LogP contribution in [-0.2, 0) is 17.3 Å². The molecule has 0 aliphatic carbocycles. The maximum absolute atomic E-state index is 12.8. The lowest BCUT2D eigenvalue weighted by molar-refractivity contribution is -0.137. The second-order valence-corrected chi connectivity index (χ2v) is 5.89. The minimum absolute atomic E-state index is 0.279.